The second-order valence-corrected chi connectivity index (χ2v) is 6.01. The minimum Gasteiger partial charge on any atom is -0.305 e. The molecule has 0 fully saturated rings. The predicted octanol–water partition coefficient (Wildman–Crippen LogP) is 2.83. The molecule has 4 aromatic heterocycles. The zero-order valence-corrected chi connectivity index (χ0v) is 12.7. The Morgan fingerprint density at radius 1 is 1.12 bits per heavy atom. The Hall–Kier alpha value is -2.94. The molecule has 24 heavy (non-hydrogen) atoms. The summed E-state index contributed by atoms with van der Waals surface area (Å²) in [4.78, 5) is 36.6. The Labute approximate surface area is 135 Å². The summed E-state index contributed by atoms with van der Waals surface area (Å²) in [7, 11) is 0. The van der Waals surface area contributed by atoms with Crippen molar-refractivity contribution in [2.24, 2.45) is 0 Å². The van der Waals surface area contributed by atoms with E-state index < -0.39 is 17.7 Å². The van der Waals surface area contributed by atoms with Crippen molar-refractivity contribution in [2.75, 3.05) is 0 Å². The third-order valence-electron chi connectivity index (χ3n) is 3.53. The molecule has 0 aliphatic carbocycles. The summed E-state index contributed by atoms with van der Waals surface area (Å²) in [6.45, 7) is 0. The molecule has 0 bridgehead atoms. The largest absolute Gasteiger partial charge is 0.326 e. The number of alkyl halides is 2. The third kappa shape index (κ3) is 2.21. The molecule has 4 aromatic rings. The van der Waals surface area contributed by atoms with Crippen molar-refractivity contribution in [2.45, 2.75) is 6.43 Å². The highest BCUT2D eigenvalue weighted by Crippen LogP contribution is 2.37. The highest BCUT2D eigenvalue weighted by molar-refractivity contribution is 7.25. The van der Waals surface area contributed by atoms with E-state index >= 15 is 0 Å². The van der Waals surface area contributed by atoms with Crippen LogP contribution in [0.2, 0.25) is 0 Å². The number of fused-ring (bicyclic) bond motifs is 3. The van der Waals surface area contributed by atoms with Crippen LogP contribution in [0.1, 0.15) is 12.0 Å². The minimum atomic E-state index is -2.79. The first-order chi connectivity index (χ1) is 11.5. The monoisotopic (exact) mass is 346 g/mol. The predicted molar refractivity (Wildman–Crippen MR) is 86.6 cm³/mol. The lowest BCUT2D eigenvalue weighted by Gasteiger charge is -2.06. The van der Waals surface area contributed by atoms with Crippen LogP contribution >= 0.6 is 11.3 Å². The van der Waals surface area contributed by atoms with Crippen molar-refractivity contribution in [3.63, 3.8) is 0 Å². The molecule has 0 aromatic carbocycles. The van der Waals surface area contributed by atoms with Gasteiger partial charge in [0.15, 0.2) is 0 Å². The summed E-state index contributed by atoms with van der Waals surface area (Å²) in [5.41, 5.74) is -0.866. The van der Waals surface area contributed by atoms with E-state index in [4.69, 9.17) is 0 Å². The van der Waals surface area contributed by atoms with E-state index in [1.54, 1.807) is 18.2 Å². The molecule has 0 atom stereocenters. The highest BCUT2D eigenvalue weighted by atomic mass is 32.1. The average Bonchev–Trinajstić information content (AvgIpc) is 2.93. The van der Waals surface area contributed by atoms with Crippen molar-refractivity contribution >= 4 is 31.8 Å². The number of hydrogen-bond acceptors (Lipinski definition) is 5. The zero-order chi connectivity index (χ0) is 16.8. The summed E-state index contributed by atoms with van der Waals surface area (Å²) < 4.78 is 27.3. The number of pyridine rings is 2. The maximum absolute atomic E-state index is 13.6. The van der Waals surface area contributed by atoms with Gasteiger partial charge in [-0.05, 0) is 18.2 Å². The molecular formula is C15H8F2N4O2S. The number of rotatable bonds is 2. The second kappa shape index (κ2) is 5.31. The fourth-order valence-corrected chi connectivity index (χ4v) is 3.59. The van der Waals surface area contributed by atoms with E-state index in [1.165, 1.54) is 12.3 Å². The maximum Gasteiger partial charge on any atom is 0.326 e. The molecule has 0 spiro atoms. The number of nitrogens with one attached hydrogen (secondary N) is 2. The second-order valence-electron chi connectivity index (χ2n) is 5.01. The number of halogens is 2. The van der Waals surface area contributed by atoms with Gasteiger partial charge in [-0.25, -0.2) is 18.6 Å². The van der Waals surface area contributed by atoms with E-state index in [-0.39, 0.29) is 31.7 Å². The molecule has 0 unspecified atom stereocenters. The van der Waals surface area contributed by atoms with Crippen molar-refractivity contribution < 1.29 is 8.78 Å². The fraction of sp³-hybridized carbons (Fsp3) is 0.0667. The van der Waals surface area contributed by atoms with Gasteiger partial charge in [-0.15, -0.1) is 11.3 Å². The standard InChI is InChI=1S/C15H8F2N4O2S/c16-12(17)6-5-8(7-3-1-2-4-18-7)19-14-9(6)10-11(24-14)13(22)21-15(23)20-10/h1-5,12H,(H2,20,21,22,23). The van der Waals surface area contributed by atoms with Crippen LogP contribution in [-0.2, 0) is 0 Å². The van der Waals surface area contributed by atoms with Gasteiger partial charge >= 0.3 is 5.69 Å². The highest BCUT2D eigenvalue weighted by Gasteiger charge is 2.21. The van der Waals surface area contributed by atoms with Gasteiger partial charge in [-0.1, -0.05) is 6.07 Å². The average molecular weight is 346 g/mol. The number of H-pyrrole nitrogens is 2. The summed E-state index contributed by atoms with van der Waals surface area (Å²) in [5, 5.41) is 0.0906. The summed E-state index contributed by atoms with van der Waals surface area (Å²) in [6, 6.07) is 6.33. The van der Waals surface area contributed by atoms with E-state index in [0.29, 0.717) is 5.69 Å². The third-order valence-corrected chi connectivity index (χ3v) is 4.61. The van der Waals surface area contributed by atoms with Gasteiger partial charge in [-0.3, -0.25) is 14.8 Å². The Balaban J connectivity index is 2.16. The van der Waals surface area contributed by atoms with Crippen molar-refractivity contribution in [1.29, 1.82) is 0 Å². The topological polar surface area (TPSA) is 91.5 Å². The minimum absolute atomic E-state index is 0.0825. The molecule has 0 aliphatic heterocycles. The molecule has 0 amide bonds. The number of thiophene rings is 1. The molecule has 0 saturated heterocycles. The number of hydrogen-bond donors (Lipinski definition) is 2. The van der Waals surface area contributed by atoms with Gasteiger partial charge in [0.2, 0.25) is 0 Å². The molecule has 9 heteroatoms. The first kappa shape index (κ1) is 14.6. The van der Waals surface area contributed by atoms with Gasteiger partial charge in [0.25, 0.3) is 12.0 Å². The molecule has 0 radical (unpaired) electrons. The van der Waals surface area contributed by atoms with Gasteiger partial charge in [0.1, 0.15) is 9.53 Å². The van der Waals surface area contributed by atoms with E-state index in [1.807, 2.05) is 0 Å². The van der Waals surface area contributed by atoms with Crippen LogP contribution in [-0.4, -0.2) is 19.9 Å². The van der Waals surface area contributed by atoms with Crippen LogP contribution in [0, 0.1) is 0 Å². The van der Waals surface area contributed by atoms with Crippen LogP contribution in [0.4, 0.5) is 8.78 Å². The molecular weight excluding hydrogens is 338 g/mol. The molecule has 4 heterocycles. The van der Waals surface area contributed by atoms with Gasteiger partial charge in [-0.2, -0.15) is 0 Å². The number of aromatic nitrogens is 4. The lowest BCUT2D eigenvalue weighted by molar-refractivity contribution is 0.153. The van der Waals surface area contributed by atoms with Crippen molar-refractivity contribution in [3.05, 3.63) is 56.9 Å². The molecule has 4 rings (SSSR count). The Morgan fingerprint density at radius 3 is 2.67 bits per heavy atom. The smallest absolute Gasteiger partial charge is 0.305 e. The SMILES string of the molecule is O=c1[nH]c(=O)c2sc3nc(-c4ccccn4)cc(C(F)F)c3c2[nH]1. The van der Waals surface area contributed by atoms with Crippen LogP contribution < -0.4 is 11.2 Å². The lowest BCUT2D eigenvalue weighted by atomic mass is 10.1. The van der Waals surface area contributed by atoms with E-state index in [9.17, 15) is 18.4 Å². The molecule has 0 aliphatic rings. The van der Waals surface area contributed by atoms with Crippen LogP contribution in [0.15, 0.2) is 40.1 Å². The van der Waals surface area contributed by atoms with Gasteiger partial charge < -0.3 is 4.98 Å². The normalized spacial score (nSPS) is 11.6. The Kier molecular flexibility index (Phi) is 3.24. The van der Waals surface area contributed by atoms with Crippen LogP contribution in [0.3, 0.4) is 0 Å². The van der Waals surface area contributed by atoms with E-state index in [0.717, 1.165) is 11.3 Å². The van der Waals surface area contributed by atoms with Crippen molar-refractivity contribution in [1.82, 2.24) is 19.9 Å². The van der Waals surface area contributed by atoms with E-state index in [2.05, 4.69) is 19.9 Å². The van der Waals surface area contributed by atoms with Crippen molar-refractivity contribution in [3.8, 4) is 11.4 Å². The number of nitrogens with zero attached hydrogens (tertiary/aromatic N) is 2. The molecule has 0 saturated carbocycles. The lowest BCUT2D eigenvalue weighted by Crippen LogP contribution is -2.20. The van der Waals surface area contributed by atoms with Crippen LogP contribution in [0.5, 0.6) is 0 Å². The Morgan fingerprint density at radius 2 is 1.96 bits per heavy atom. The molecule has 2 N–H and O–H groups in total. The quantitative estimate of drug-likeness (QED) is 0.584. The summed E-state index contributed by atoms with van der Waals surface area (Å²) in [6.07, 6.45) is -1.25. The number of aromatic amines is 2. The van der Waals surface area contributed by atoms with Crippen LogP contribution in [0.25, 0.3) is 31.8 Å². The molecule has 6 nitrogen and oxygen atoms in total. The summed E-state index contributed by atoms with van der Waals surface area (Å²) in [5.74, 6) is 0. The molecule has 120 valence electrons. The summed E-state index contributed by atoms with van der Waals surface area (Å²) >= 11 is 0.951. The first-order valence-electron chi connectivity index (χ1n) is 6.84. The maximum atomic E-state index is 13.6. The Bertz CT molecular complexity index is 1180. The van der Waals surface area contributed by atoms with Gasteiger partial charge in [0, 0.05) is 17.1 Å². The first-order valence-corrected chi connectivity index (χ1v) is 7.65. The fourth-order valence-electron chi connectivity index (χ4n) is 2.53. The zero-order valence-electron chi connectivity index (χ0n) is 11.8. The van der Waals surface area contributed by atoms with Gasteiger partial charge in [0.05, 0.1) is 16.9 Å².